The van der Waals surface area contributed by atoms with Gasteiger partial charge in [-0.15, -0.1) is 0 Å². The molecule has 0 aliphatic carbocycles. The summed E-state index contributed by atoms with van der Waals surface area (Å²) in [5, 5.41) is 12.1. The van der Waals surface area contributed by atoms with E-state index in [2.05, 4.69) is 167 Å². The Hall–Kier alpha value is -6.78. The third-order valence-corrected chi connectivity index (χ3v) is 10.8. The molecule has 0 N–H and O–H groups in total. The van der Waals surface area contributed by atoms with Crippen LogP contribution in [0.3, 0.4) is 0 Å². The van der Waals surface area contributed by atoms with Gasteiger partial charge >= 0.3 is 0 Å². The summed E-state index contributed by atoms with van der Waals surface area (Å²) in [6.07, 6.45) is 0. The molecule has 0 atom stereocenters. The molecule has 0 spiro atoms. The van der Waals surface area contributed by atoms with E-state index in [1.54, 1.807) is 0 Å². The molecule has 0 saturated heterocycles. The maximum atomic E-state index is 5.18. The highest BCUT2D eigenvalue weighted by Crippen LogP contribution is 2.40. The van der Waals surface area contributed by atoms with Crippen molar-refractivity contribution in [3.8, 4) is 11.1 Å². The second-order valence-electron chi connectivity index (χ2n) is 13.5. The summed E-state index contributed by atoms with van der Waals surface area (Å²) in [4.78, 5) is 10.4. The third-order valence-electron chi connectivity index (χ3n) is 10.8. The van der Waals surface area contributed by atoms with Crippen LogP contribution in [0.4, 0.5) is 0 Å². The highest BCUT2D eigenvalue weighted by molar-refractivity contribution is 6.19. The standard InChI is InChI=1S/C46H26N4/c1-3-11-29-25-43-37(23-27(29)9-1)35-21-31(17-19-33(35)45-47-39-13-5-7-15-41(39)49(43)45)32-18-20-34-36(22-32)38-24-28-10-2-4-12-30(28)26-44(38)50-42-16-8-6-14-40(42)48-46(34)50/h1-26H. The van der Waals surface area contributed by atoms with Gasteiger partial charge in [0.05, 0.1) is 33.1 Å². The van der Waals surface area contributed by atoms with E-state index in [-0.39, 0.29) is 0 Å². The van der Waals surface area contributed by atoms with Gasteiger partial charge in [0.1, 0.15) is 11.3 Å². The summed E-state index contributed by atoms with van der Waals surface area (Å²) in [6.45, 7) is 0. The summed E-state index contributed by atoms with van der Waals surface area (Å²) in [6, 6.07) is 57.3. The molecular formula is C46H26N4. The molecule has 8 aromatic carbocycles. The lowest BCUT2D eigenvalue weighted by molar-refractivity contribution is 1.32. The first-order valence-corrected chi connectivity index (χ1v) is 17.1. The van der Waals surface area contributed by atoms with E-state index in [1.165, 1.54) is 65.3 Å². The van der Waals surface area contributed by atoms with E-state index in [1.807, 2.05) is 0 Å². The van der Waals surface area contributed by atoms with E-state index in [9.17, 15) is 0 Å². The molecule has 0 aliphatic heterocycles. The predicted molar refractivity (Wildman–Crippen MR) is 209 cm³/mol. The average molecular weight is 635 g/mol. The van der Waals surface area contributed by atoms with Gasteiger partial charge < -0.3 is 0 Å². The Labute approximate surface area is 285 Å². The minimum Gasteiger partial charge on any atom is -0.292 e. The fraction of sp³-hybridized carbons (Fsp3) is 0. The molecule has 0 radical (unpaired) electrons. The van der Waals surface area contributed by atoms with Crippen LogP contribution in [0.1, 0.15) is 0 Å². The molecule has 0 aliphatic rings. The van der Waals surface area contributed by atoms with Gasteiger partial charge in [-0.2, -0.15) is 0 Å². The minimum absolute atomic E-state index is 0.987. The smallest absolute Gasteiger partial charge is 0.146 e. The third kappa shape index (κ3) is 3.44. The fourth-order valence-electron chi connectivity index (χ4n) is 8.44. The van der Waals surface area contributed by atoms with Gasteiger partial charge in [-0.3, -0.25) is 8.80 Å². The van der Waals surface area contributed by atoms with Gasteiger partial charge in [0, 0.05) is 21.5 Å². The zero-order chi connectivity index (χ0) is 32.5. The van der Waals surface area contributed by atoms with Crippen molar-refractivity contribution in [1.29, 1.82) is 0 Å². The Morgan fingerprint density at radius 3 is 1.16 bits per heavy atom. The van der Waals surface area contributed by atoms with Crippen molar-refractivity contribution in [2.75, 3.05) is 0 Å². The molecule has 0 amide bonds. The zero-order valence-electron chi connectivity index (χ0n) is 26.8. The second-order valence-corrected chi connectivity index (χ2v) is 13.5. The van der Waals surface area contributed by atoms with Crippen molar-refractivity contribution >= 4 is 98.3 Å². The van der Waals surface area contributed by atoms with Gasteiger partial charge in [-0.1, -0.05) is 84.9 Å². The van der Waals surface area contributed by atoms with E-state index in [4.69, 9.17) is 9.97 Å². The first-order valence-electron chi connectivity index (χ1n) is 17.1. The monoisotopic (exact) mass is 634 g/mol. The van der Waals surface area contributed by atoms with Crippen molar-refractivity contribution < 1.29 is 0 Å². The first kappa shape index (κ1) is 26.2. The molecule has 4 aromatic heterocycles. The summed E-state index contributed by atoms with van der Waals surface area (Å²) in [5.74, 6) is 0. The number of rotatable bonds is 1. The summed E-state index contributed by atoms with van der Waals surface area (Å²) >= 11 is 0. The molecular weight excluding hydrogens is 609 g/mol. The van der Waals surface area contributed by atoms with Crippen LogP contribution in [0.25, 0.3) is 109 Å². The maximum Gasteiger partial charge on any atom is 0.146 e. The Morgan fingerprint density at radius 2 is 0.700 bits per heavy atom. The van der Waals surface area contributed by atoms with Gasteiger partial charge in [0.15, 0.2) is 0 Å². The van der Waals surface area contributed by atoms with Crippen LogP contribution in [0.2, 0.25) is 0 Å². The highest BCUT2D eigenvalue weighted by Gasteiger charge is 2.18. The van der Waals surface area contributed by atoms with Gasteiger partial charge in [-0.25, -0.2) is 9.97 Å². The fourth-order valence-corrected chi connectivity index (χ4v) is 8.44. The quantitative estimate of drug-likeness (QED) is 0.133. The van der Waals surface area contributed by atoms with Crippen LogP contribution < -0.4 is 0 Å². The lowest BCUT2D eigenvalue weighted by atomic mass is 9.95. The number of fused-ring (bicyclic) bond motifs is 18. The number of para-hydroxylation sites is 4. The van der Waals surface area contributed by atoms with Crippen molar-refractivity contribution in [2.45, 2.75) is 0 Å². The highest BCUT2D eigenvalue weighted by atomic mass is 15.0. The molecule has 0 fully saturated rings. The molecule has 50 heavy (non-hydrogen) atoms. The van der Waals surface area contributed by atoms with Crippen molar-refractivity contribution in [3.05, 3.63) is 158 Å². The number of hydrogen-bond donors (Lipinski definition) is 0. The van der Waals surface area contributed by atoms with E-state index in [0.717, 1.165) is 44.1 Å². The molecule has 12 aromatic rings. The van der Waals surface area contributed by atoms with Crippen LogP contribution in [-0.4, -0.2) is 18.8 Å². The van der Waals surface area contributed by atoms with Crippen LogP contribution >= 0.6 is 0 Å². The van der Waals surface area contributed by atoms with E-state index < -0.39 is 0 Å². The second kappa shape index (κ2) is 9.43. The van der Waals surface area contributed by atoms with Crippen molar-refractivity contribution in [1.82, 2.24) is 18.8 Å². The number of benzene rings is 8. The SMILES string of the molecule is c1ccc2cc3c(cc2c1)c1cc(-c2ccc4c(c2)c2cc5ccccc5cc2n2c5ccccc5nc42)ccc1c1nc2ccccc2n31. The van der Waals surface area contributed by atoms with Gasteiger partial charge in [0.2, 0.25) is 0 Å². The van der Waals surface area contributed by atoms with Crippen LogP contribution in [0.5, 0.6) is 0 Å². The number of pyridine rings is 2. The predicted octanol–water partition coefficient (Wildman–Crippen LogP) is 11.9. The Kier molecular flexibility index (Phi) is 4.94. The van der Waals surface area contributed by atoms with Gasteiger partial charge in [0.25, 0.3) is 0 Å². The summed E-state index contributed by atoms with van der Waals surface area (Å²) < 4.78 is 4.68. The molecule has 0 unspecified atom stereocenters. The molecule has 230 valence electrons. The number of hydrogen-bond acceptors (Lipinski definition) is 2. The van der Waals surface area contributed by atoms with E-state index >= 15 is 0 Å². The molecule has 4 nitrogen and oxygen atoms in total. The Bertz CT molecular complexity index is 3210. The summed E-state index contributed by atoms with van der Waals surface area (Å²) in [7, 11) is 0. The van der Waals surface area contributed by atoms with E-state index in [0.29, 0.717) is 0 Å². The normalized spacial score (nSPS) is 12.4. The molecule has 0 saturated carbocycles. The Balaban J connectivity index is 1.19. The molecule has 0 bridgehead atoms. The minimum atomic E-state index is 0.987. The topological polar surface area (TPSA) is 34.6 Å². The van der Waals surface area contributed by atoms with Crippen molar-refractivity contribution in [2.24, 2.45) is 0 Å². The number of aromatic nitrogens is 4. The summed E-state index contributed by atoms with van der Waals surface area (Å²) in [5.41, 5.74) is 10.9. The largest absolute Gasteiger partial charge is 0.292 e. The van der Waals surface area contributed by atoms with Gasteiger partial charge in [-0.05, 0) is 116 Å². The molecule has 12 rings (SSSR count). The zero-order valence-corrected chi connectivity index (χ0v) is 26.8. The number of nitrogens with zero attached hydrogens (tertiary/aromatic N) is 4. The van der Waals surface area contributed by atoms with Crippen LogP contribution in [-0.2, 0) is 0 Å². The van der Waals surface area contributed by atoms with Crippen LogP contribution in [0, 0.1) is 0 Å². The molecule has 4 heterocycles. The lowest BCUT2D eigenvalue weighted by Crippen LogP contribution is -1.94. The Morgan fingerprint density at radius 1 is 0.300 bits per heavy atom. The number of imidazole rings is 2. The molecule has 4 heteroatoms. The van der Waals surface area contributed by atoms with Crippen molar-refractivity contribution in [3.63, 3.8) is 0 Å². The average Bonchev–Trinajstić information content (AvgIpc) is 3.76. The lowest BCUT2D eigenvalue weighted by Gasteiger charge is -2.14. The van der Waals surface area contributed by atoms with Crippen LogP contribution in [0.15, 0.2) is 158 Å². The maximum absolute atomic E-state index is 5.18. The first-order chi connectivity index (χ1) is 24.8.